The molecule has 4 nitrogen and oxygen atoms in total. The Morgan fingerprint density at radius 3 is 2.81 bits per heavy atom. The van der Waals surface area contributed by atoms with Gasteiger partial charge in [0.25, 0.3) is 0 Å². The van der Waals surface area contributed by atoms with Gasteiger partial charge in [0, 0.05) is 6.20 Å². The number of benzene rings is 1. The largest absolute Gasteiger partial charge is 0.506 e. The molecule has 21 heavy (non-hydrogen) atoms. The van der Waals surface area contributed by atoms with Crippen molar-refractivity contribution in [2.24, 2.45) is 0 Å². The molecule has 2 aromatic rings. The van der Waals surface area contributed by atoms with E-state index in [2.05, 4.69) is 4.98 Å². The number of pyridine rings is 1. The lowest BCUT2D eigenvalue weighted by Crippen LogP contribution is -2.08. The summed E-state index contributed by atoms with van der Waals surface area (Å²) in [5.41, 5.74) is 2.39. The van der Waals surface area contributed by atoms with Crippen molar-refractivity contribution in [2.45, 2.75) is 13.8 Å². The molecular formula is C17H17NO3. The van der Waals surface area contributed by atoms with Gasteiger partial charge in [-0.3, -0.25) is 4.98 Å². The van der Waals surface area contributed by atoms with Crippen molar-refractivity contribution in [1.82, 2.24) is 4.98 Å². The first-order valence-electron chi connectivity index (χ1n) is 6.71. The maximum absolute atomic E-state index is 12.1. The fourth-order valence-corrected chi connectivity index (χ4v) is 1.96. The Balaban J connectivity index is 2.51. The van der Waals surface area contributed by atoms with Gasteiger partial charge in [-0.2, -0.15) is 0 Å². The molecule has 1 aromatic heterocycles. The molecular weight excluding hydrogens is 266 g/mol. The average Bonchev–Trinajstić information content (AvgIpc) is 2.46. The monoisotopic (exact) mass is 283 g/mol. The van der Waals surface area contributed by atoms with Crippen LogP contribution in [0.4, 0.5) is 0 Å². The Morgan fingerprint density at radius 1 is 1.33 bits per heavy atom. The van der Waals surface area contributed by atoms with Crippen molar-refractivity contribution in [3.05, 3.63) is 59.4 Å². The van der Waals surface area contributed by atoms with Crippen LogP contribution in [0.2, 0.25) is 0 Å². The number of hydrogen-bond acceptors (Lipinski definition) is 4. The molecule has 0 aliphatic carbocycles. The number of aryl methyl sites for hydroxylation is 1. The lowest BCUT2D eigenvalue weighted by molar-refractivity contribution is -0.136. The zero-order chi connectivity index (χ0) is 15.2. The van der Waals surface area contributed by atoms with Crippen molar-refractivity contribution in [3.63, 3.8) is 0 Å². The summed E-state index contributed by atoms with van der Waals surface area (Å²) in [6, 6.07) is 10.8. The molecule has 1 N–H and O–H groups in total. The quantitative estimate of drug-likeness (QED) is 0.691. The van der Waals surface area contributed by atoms with Crippen LogP contribution in [-0.2, 0) is 9.53 Å². The first kappa shape index (κ1) is 14.8. The van der Waals surface area contributed by atoms with Crippen molar-refractivity contribution < 1.29 is 14.6 Å². The summed E-state index contributed by atoms with van der Waals surface area (Å²) in [5, 5.41) is 9.92. The number of carbonyl (C=O) groups is 1. The average molecular weight is 283 g/mol. The van der Waals surface area contributed by atoms with Gasteiger partial charge in [0.05, 0.1) is 12.2 Å². The minimum absolute atomic E-state index is 0.0514. The zero-order valence-electron chi connectivity index (χ0n) is 12.0. The van der Waals surface area contributed by atoms with Gasteiger partial charge in [-0.15, -0.1) is 0 Å². The van der Waals surface area contributed by atoms with Crippen LogP contribution in [0.15, 0.2) is 42.6 Å². The van der Waals surface area contributed by atoms with Crippen LogP contribution in [0.5, 0.6) is 5.75 Å². The predicted molar refractivity (Wildman–Crippen MR) is 81.6 cm³/mol. The standard InChI is InChI=1S/C17H17NO3/c1-3-21-17(20)14(16-15(19)8-5-9-18-16)11-13-7-4-6-12(2)10-13/h4-11,19H,3H2,1-2H3/b14-11+. The van der Waals surface area contributed by atoms with Gasteiger partial charge in [0.15, 0.2) is 0 Å². The first-order valence-corrected chi connectivity index (χ1v) is 6.71. The van der Waals surface area contributed by atoms with Crippen LogP contribution in [0.3, 0.4) is 0 Å². The topological polar surface area (TPSA) is 59.4 Å². The SMILES string of the molecule is CCOC(=O)/C(=C/c1cccc(C)c1)c1ncccc1O. The number of hydrogen-bond donors (Lipinski definition) is 1. The molecule has 0 fully saturated rings. The van der Waals surface area contributed by atoms with E-state index in [1.54, 1.807) is 19.1 Å². The molecule has 0 atom stereocenters. The van der Waals surface area contributed by atoms with Gasteiger partial charge >= 0.3 is 5.97 Å². The van der Waals surface area contributed by atoms with Crippen LogP contribution >= 0.6 is 0 Å². The van der Waals surface area contributed by atoms with Crippen LogP contribution < -0.4 is 0 Å². The molecule has 4 heteroatoms. The Hall–Kier alpha value is -2.62. The second-order valence-electron chi connectivity index (χ2n) is 4.56. The number of esters is 1. The molecule has 0 amide bonds. The van der Waals surface area contributed by atoms with Crippen LogP contribution in [0, 0.1) is 6.92 Å². The van der Waals surface area contributed by atoms with Crippen LogP contribution in [0.1, 0.15) is 23.7 Å². The van der Waals surface area contributed by atoms with E-state index in [0.717, 1.165) is 11.1 Å². The molecule has 0 aliphatic heterocycles. The Labute approximate surface area is 123 Å². The van der Waals surface area contributed by atoms with Gasteiger partial charge in [-0.1, -0.05) is 29.8 Å². The first-order chi connectivity index (χ1) is 10.1. The Bertz CT molecular complexity index is 677. The fourth-order valence-electron chi connectivity index (χ4n) is 1.96. The highest BCUT2D eigenvalue weighted by Gasteiger charge is 2.18. The molecule has 0 spiro atoms. The minimum Gasteiger partial charge on any atom is -0.506 e. The predicted octanol–water partition coefficient (Wildman–Crippen LogP) is 3.20. The van der Waals surface area contributed by atoms with E-state index >= 15 is 0 Å². The van der Waals surface area contributed by atoms with Gasteiger partial charge < -0.3 is 9.84 Å². The van der Waals surface area contributed by atoms with Crippen molar-refractivity contribution >= 4 is 17.6 Å². The van der Waals surface area contributed by atoms with Gasteiger partial charge in [-0.25, -0.2) is 4.79 Å². The number of aromatic hydroxyl groups is 1. The van der Waals surface area contributed by atoms with E-state index in [4.69, 9.17) is 4.74 Å². The molecule has 108 valence electrons. The van der Waals surface area contributed by atoms with Crippen molar-refractivity contribution in [3.8, 4) is 5.75 Å². The third kappa shape index (κ3) is 3.69. The lowest BCUT2D eigenvalue weighted by atomic mass is 10.1. The number of ether oxygens (including phenoxy) is 1. The fraction of sp³-hybridized carbons (Fsp3) is 0.176. The lowest BCUT2D eigenvalue weighted by Gasteiger charge is -2.08. The van der Waals surface area contributed by atoms with Crippen molar-refractivity contribution in [1.29, 1.82) is 0 Å². The number of carbonyl (C=O) groups excluding carboxylic acids is 1. The number of nitrogens with zero attached hydrogens (tertiary/aromatic N) is 1. The summed E-state index contributed by atoms with van der Waals surface area (Å²) in [5.74, 6) is -0.558. The molecule has 0 aliphatic rings. The van der Waals surface area contributed by atoms with Gasteiger partial charge in [0.1, 0.15) is 11.4 Å². The summed E-state index contributed by atoms with van der Waals surface area (Å²) < 4.78 is 5.06. The van der Waals surface area contributed by atoms with E-state index < -0.39 is 5.97 Å². The second-order valence-corrected chi connectivity index (χ2v) is 4.56. The summed E-state index contributed by atoms with van der Waals surface area (Å²) in [6.07, 6.45) is 3.20. The van der Waals surface area contributed by atoms with Gasteiger partial charge in [-0.05, 0) is 37.6 Å². The van der Waals surface area contributed by atoms with E-state index in [1.807, 2.05) is 31.2 Å². The smallest absolute Gasteiger partial charge is 0.340 e. The zero-order valence-corrected chi connectivity index (χ0v) is 12.0. The Kier molecular flexibility index (Phi) is 4.72. The maximum Gasteiger partial charge on any atom is 0.340 e. The molecule has 1 heterocycles. The minimum atomic E-state index is -0.506. The molecule has 0 saturated carbocycles. The highest BCUT2D eigenvalue weighted by Crippen LogP contribution is 2.25. The normalized spacial score (nSPS) is 11.2. The summed E-state index contributed by atoms with van der Waals surface area (Å²) >= 11 is 0. The number of aromatic nitrogens is 1. The van der Waals surface area contributed by atoms with Gasteiger partial charge in [0.2, 0.25) is 0 Å². The number of rotatable bonds is 4. The molecule has 0 unspecified atom stereocenters. The molecule has 0 saturated heterocycles. The highest BCUT2D eigenvalue weighted by atomic mass is 16.5. The third-order valence-electron chi connectivity index (χ3n) is 2.89. The molecule has 0 bridgehead atoms. The highest BCUT2D eigenvalue weighted by molar-refractivity contribution is 6.21. The Morgan fingerprint density at radius 2 is 2.14 bits per heavy atom. The van der Waals surface area contributed by atoms with Crippen LogP contribution in [-0.4, -0.2) is 22.7 Å². The summed E-state index contributed by atoms with van der Waals surface area (Å²) in [4.78, 5) is 16.2. The maximum atomic E-state index is 12.1. The third-order valence-corrected chi connectivity index (χ3v) is 2.89. The van der Waals surface area contributed by atoms with Crippen molar-refractivity contribution in [2.75, 3.05) is 6.61 Å². The van der Waals surface area contributed by atoms with E-state index in [9.17, 15) is 9.90 Å². The van der Waals surface area contributed by atoms with E-state index in [1.165, 1.54) is 12.3 Å². The second kappa shape index (κ2) is 6.70. The summed E-state index contributed by atoms with van der Waals surface area (Å²) in [7, 11) is 0. The summed E-state index contributed by atoms with van der Waals surface area (Å²) in [6.45, 7) is 3.97. The van der Waals surface area contributed by atoms with E-state index in [-0.39, 0.29) is 23.6 Å². The molecule has 0 radical (unpaired) electrons. The molecule has 1 aromatic carbocycles. The molecule has 2 rings (SSSR count). The van der Waals surface area contributed by atoms with Crippen LogP contribution in [0.25, 0.3) is 11.6 Å². The van der Waals surface area contributed by atoms with E-state index in [0.29, 0.717) is 0 Å².